The highest BCUT2D eigenvalue weighted by molar-refractivity contribution is 7.83. The van der Waals surface area contributed by atoms with Crippen LogP contribution in [0.1, 0.15) is 11.1 Å². The largest absolute Gasteiger partial charge is 0.374 e. The van der Waals surface area contributed by atoms with Gasteiger partial charge in [-0.3, -0.25) is 4.79 Å². The molecule has 196 valence electrons. The number of quaternary nitrogens is 1. The van der Waals surface area contributed by atoms with Crippen molar-refractivity contribution in [3.8, 4) is 11.1 Å². The fourth-order valence-corrected chi connectivity index (χ4v) is 5.82. The minimum absolute atomic E-state index is 0.0153. The van der Waals surface area contributed by atoms with Gasteiger partial charge in [-0.15, -0.1) is 0 Å². The Kier molecular flexibility index (Phi) is 6.24. The van der Waals surface area contributed by atoms with E-state index < -0.39 is 19.7 Å². The van der Waals surface area contributed by atoms with E-state index in [0.717, 1.165) is 16.5 Å². The minimum Gasteiger partial charge on any atom is -0.374 e. The third-order valence-corrected chi connectivity index (χ3v) is 8.90. The summed E-state index contributed by atoms with van der Waals surface area (Å²) in [6.07, 6.45) is 1.47. The Morgan fingerprint density at radius 1 is 0.974 bits per heavy atom. The number of halogens is 1. The number of nitrogens with two attached hydrogens (primary N) is 1. The number of aromatic nitrogens is 1. The van der Waals surface area contributed by atoms with Crippen LogP contribution in [-0.2, 0) is 22.9 Å². The Balaban J connectivity index is 1.84. The average Bonchev–Trinajstić information content (AvgIpc) is 3.22. The smallest absolute Gasteiger partial charge is 0.373 e. The van der Waals surface area contributed by atoms with Crippen LogP contribution in [0.2, 0.25) is 5.02 Å². The van der Waals surface area contributed by atoms with E-state index in [9.17, 15) is 18.3 Å². The van der Waals surface area contributed by atoms with E-state index in [1.807, 2.05) is 36.4 Å². The van der Waals surface area contributed by atoms with Gasteiger partial charge < -0.3 is 14.6 Å². The lowest BCUT2D eigenvalue weighted by atomic mass is 9.82. The first-order valence-electron chi connectivity index (χ1n) is 11.9. The summed E-state index contributed by atoms with van der Waals surface area (Å²) in [6.45, 7) is 0.0153. The molecular weight excluding hydrogens is 524 g/mol. The van der Waals surface area contributed by atoms with Crippen molar-refractivity contribution in [2.75, 3.05) is 20.8 Å². The molecule has 1 aliphatic heterocycles. The van der Waals surface area contributed by atoms with Gasteiger partial charge >= 0.3 is 10.2 Å². The highest BCUT2D eigenvalue weighted by Crippen LogP contribution is 2.43. The summed E-state index contributed by atoms with van der Waals surface area (Å²) in [5.41, 5.74) is 1.69. The number of fused-ring (bicyclic) bond motifs is 1. The fourth-order valence-electron chi connectivity index (χ4n) is 5.12. The van der Waals surface area contributed by atoms with Crippen LogP contribution in [0.5, 0.6) is 0 Å². The topological polar surface area (TPSA) is 106 Å². The molecule has 0 bridgehead atoms. The number of benzene rings is 3. The highest BCUT2D eigenvalue weighted by Gasteiger charge is 2.49. The molecule has 2 atom stereocenters. The molecule has 0 spiro atoms. The molecular formula is C28H28ClN4O4S+. The monoisotopic (exact) mass is 551 g/mol. The zero-order valence-corrected chi connectivity index (χ0v) is 22.7. The van der Waals surface area contributed by atoms with Gasteiger partial charge in [0.25, 0.3) is 5.56 Å². The van der Waals surface area contributed by atoms with Crippen LogP contribution in [0, 0.1) is 0 Å². The molecule has 8 nitrogen and oxygen atoms in total. The number of aryl methyl sites for hydroxylation is 1. The molecule has 0 saturated heterocycles. The molecule has 1 aliphatic rings. The molecule has 0 amide bonds. The Morgan fingerprint density at radius 2 is 1.61 bits per heavy atom. The summed E-state index contributed by atoms with van der Waals surface area (Å²) in [5.74, 6) is 0. The Bertz CT molecular complexity index is 1750. The number of hydrogen-bond acceptors (Lipinski definition) is 5. The van der Waals surface area contributed by atoms with Crippen LogP contribution < -0.4 is 10.7 Å². The number of aliphatic hydroxyl groups is 1. The standard InChI is InChI=1S/C28H28ClN4O4S/c1-31-18-33(3,38(30,36)37)17-26(31)28(35,20-9-12-22(29)13-10-20)21-11-14-25-24(15-21)23(16-27(34)32(25)2)19-7-5-4-6-8-19/h4-17,35H,18H2,1-3H3,(H2,30,36,37)/q+1. The first kappa shape index (κ1) is 26.1. The van der Waals surface area contributed by atoms with E-state index in [0.29, 0.717) is 27.4 Å². The maximum atomic E-state index is 12.8. The van der Waals surface area contributed by atoms with Crippen LogP contribution in [0.15, 0.2) is 95.6 Å². The van der Waals surface area contributed by atoms with E-state index in [4.69, 9.17) is 16.7 Å². The van der Waals surface area contributed by atoms with Crippen molar-refractivity contribution < 1.29 is 17.4 Å². The molecule has 2 unspecified atom stereocenters. The second-order valence-electron chi connectivity index (χ2n) is 9.81. The fraction of sp³-hybridized carbons (Fsp3) is 0.179. The van der Waals surface area contributed by atoms with Crippen LogP contribution in [0.4, 0.5) is 0 Å². The maximum absolute atomic E-state index is 12.8. The summed E-state index contributed by atoms with van der Waals surface area (Å²) >= 11 is 6.16. The zero-order chi connectivity index (χ0) is 27.5. The summed E-state index contributed by atoms with van der Waals surface area (Å²) in [6, 6.07) is 23.3. The van der Waals surface area contributed by atoms with Crippen molar-refractivity contribution in [2.24, 2.45) is 12.2 Å². The SMILES string of the molecule is CN1C[N+](C)(S(N)(=O)=O)C=C1C(O)(c1ccc(Cl)cc1)c1ccc2c(c1)c(-c1ccccc1)cc(=O)n2C. The van der Waals surface area contributed by atoms with Crippen LogP contribution >= 0.6 is 11.6 Å². The van der Waals surface area contributed by atoms with Crippen molar-refractivity contribution >= 4 is 32.7 Å². The summed E-state index contributed by atoms with van der Waals surface area (Å²) in [5, 5.41) is 19.4. The van der Waals surface area contributed by atoms with Crippen molar-refractivity contribution in [3.05, 3.63) is 117 Å². The maximum Gasteiger partial charge on any atom is 0.373 e. The van der Waals surface area contributed by atoms with E-state index in [1.54, 1.807) is 66.0 Å². The lowest BCUT2D eigenvalue weighted by Crippen LogP contribution is -2.49. The number of nitrogens with zero attached hydrogens (tertiary/aromatic N) is 3. The molecule has 38 heavy (non-hydrogen) atoms. The Hall–Kier alpha value is -3.47. The third-order valence-electron chi connectivity index (χ3n) is 7.26. The molecule has 3 N–H and O–H groups in total. The first-order valence-corrected chi connectivity index (χ1v) is 13.7. The van der Waals surface area contributed by atoms with Crippen molar-refractivity contribution in [1.82, 2.24) is 9.47 Å². The number of hydrogen-bond donors (Lipinski definition) is 2. The molecule has 0 fully saturated rings. The van der Waals surface area contributed by atoms with E-state index in [2.05, 4.69) is 0 Å². The average molecular weight is 552 g/mol. The van der Waals surface area contributed by atoms with E-state index >= 15 is 0 Å². The highest BCUT2D eigenvalue weighted by atomic mass is 35.5. The molecule has 5 rings (SSSR count). The lowest BCUT2D eigenvalue weighted by molar-refractivity contribution is -0.731. The van der Waals surface area contributed by atoms with Gasteiger partial charge in [-0.1, -0.05) is 60.1 Å². The molecule has 0 saturated carbocycles. The van der Waals surface area contributed by atoms with Gasteiger partial charge in [-0.05, 0) is 46.5 Å². The number of rotatable bonds is 5. The quantitative estimate of drug-likeness (QED) is 0.369. The molecule has 0 radical (unpaired) electrons. The second-order valence-corrected chi connectivity index (χ2v) is 12.1. The predicted molar refractivity (Wildman–Crippen MR) is 149 cm³/mol. The Morgan fingerprint density at radius 3 is 2.21 bits per heavy atom. The first-order chi connectivity index (χ1) is 17.8. The summed E-state index contributed by atoms with van der Waals surface area (Å²) in [7, 11) is 0.850. The van der Waals surface area contributed by atoms with Gasteiger partial charge in [0, 0.05) is 30.6 Å². The third kappa shape index (κ3) is 4.13. The zero-order valence-electron chi connectivity index (χ0n) is 21.2. The molecule has 0 aliphatic carbocycles. The van der Waals surface area contributed by atoms with Crippen molar-refractivity contribution in [3.63, 3.8) is 0 Å². The van der Waals surface area contributed by atoms with Crippen molar-refractivity contribution in [1.29, 1.82) is 0 Å². The number of pyridine rings is 1. The van der Waals surface area contributed by atoms with Crippen LogP contribution in [-0.4, -0.2) is 47.6 Å². The van der Waals surface area contributed by atoms with Gasteiger partial charge in [0.05, 0.1) is 12.6 Å². The molecule has 3 aromatic carbocycles. The molecule has 1 aromatic heterocycles. The number of likely N-dealkylation sites (N-methyl/N-ethyl adjacent to an activating group) is 1. The van der Waals surface area contributed by atoms with Gasteiger partial charge in [0.15, 0.2) is 12.3 Å². The minimum atomic E-state index is -4.04. The van der Waals surface area contributed by atoms with Crippen molar-refractivity contribution in [2.45, 2.75) is 5.60 Å². The molecule has 2 heterocycles. The Labute approximate surface area is 226 Å². The molecule has 4 aromatic rings. The normalized spacial score (nSPS) is 19.4. The van der Waals surface area contributed by atoms with Gasteiger partial charge in [0.1, 0.15) is 11.9 Å². The summed E-state index contributed by atoms with van der Waals surface area (Å²) in [4.78, 5) is 14.5. The van der Waals surface area contributed by atoms with Gasteiger partial charge in [-0.25, -0.2) is 0 Å². The van der Waals surface area contributed by atoms with Crippen LogP contribution in [0.3, 0.4) is 0 Å². The van der Waals surface area contributed by atoms with E-state index in [-0.39, 0.29) is 12.2 Å². The summed E-state index contributed by atoms with van der Waals surface area (Å²) < 4.78 is 25.9. The molecule has 10 heteroatoms. The van der Waals surface area contributed by atoms with Gasteiger partial charge in [-0.2, -0.15) is 17.4 Å². The van der Waals surface area contributed by atoms with E-state index in [1.165, 1.54) is 13.2 Å². The predicted octanol–water partition coefficient (Wildman–Crippen LogP) is 3.49. The van der Waals surface area contributed by atoms with Crippen LogP contribution in [0.25, 0.3) is 22.0 Å². The second kappa shape index (κ2) is 9.07. The van der Waals surface area contributed by atoms with Gasteiger partial charge in [0.2, 0.25) is 0 Å². The lowest BCUT2D eigenvalue weighted by Gasteiger charge is -2.33.